The van der Waals surface area contributed by atoms with Crippen LogP contribution in [0.5, 0.6) is 0 Å². The number of fused-ring (bicyclic) bond motifs is 2. The number of anilines is 4. The number of amides is 2. The molecule has 0 bridgehead atoms. The Morgan fingerprint density at radius 3 is 2.09 bits per heavy atom. The van der Waals surface area contributed by atoms with Crippen LogP contribution in [0.2, 0.25) is 0 Å². The number of benzene rings is 2. The Morgan fingerprint density at radius 1 is 1.00 bits per heavy atom. The van der Waals surface area contributed by atoms with Crippen molar-refractivity contribution < 1.29 is 24.2 Å². The molecule has 0 fully saturated rings. The van der Waals surface area contributed by atoms with Crippen molar-refractivity contribution in [2.45, 2.75) is 45.6 Å². The van der Waals surface area contributed by atoms with E-state index in [-0.39, 0.29) is 18.4 Å². The van der Waals surface area contributed by atoms with Gasteiger partial charge in [-0.25, -0.2) is 4.79 Å². The number of esters is 1. The highest BCUT2D eigenvalue weighted by Gasteiger charge is 2.27. The van der Waals surface area contributed by atoms with E-state index >= 15 is 0 Å². The predicted octanol–water partition coefficient (Wildman–Crippen LogP) is 2.50. The second-order valence-corrected chi connectivity index (χ2v) is 8.60. The summed E-state index contributed by atoms with van der Waals surface area (Å²) in [5.41, 5.74) is 11.2. The second-order valence-electron chi connectivity index (χ2n) is 8.60. The molecule has 4 rings (SSSR count). The maximum Gasteiger partial charge on any atom is 0.336 e. The first-order chi connectivity index (χ1) is 16.8. The largest absolute Gasteiger partial charge is 0.467 e. The summed E-state index contributed by atoms with van der Waals surface area (Å²) in [6, 6.07) is 11.3. The molecule has 188 valence electrons. The maximum absolute atomic E-state index is 11.9. The van der Waals surface area contributed by atoms with Crippen molar-refractivity contribution in [1.29, 1.82) is 0 Å². The van der Waals surface area contributed by atoms with Crippen LogP contribution in [0.4, 0.5) is 22.7 Å². The van der Waals surface area contributed by atoms with Crippen LogP contribution in [0.15, 0.2) is 36.4 Å². The minimum Gasteiger partial charge on any atom is -0.467 e. The number of rotatable bonds is 8. The van der Waals surface area contributed by atoms with Crippen LogP contribution in [0.1, 0.15) is 37.8 Å². The normalized spacial score (nSPS) is 14.7. The van der Waals surface area contributed by atoms with Crippen LogP contribution in [-0.4, -0.2) is 55.7 Å². The minimum absolute atomic E-state index is 0.0675. The molecular weight excluding hydrogens is 448 g/mol. The quantitative estimate of drug-likeness (QED) is 0.390. The van der Waals surface area contributed by atoms with E-state index in [9.17, 15) is 19.5 Å². The number of aliphatic hydroxyl groups excluding tert-OH is 1. The molecule has 9 heteroatoms. The molecule has 2 aliphatic rings. The molecule has 35 heavy (non-hydrogen) atoms. The Kier molecular flexibility index (Phi) is 8.70. The van der Waals surface area contributed by atoms with Crippen molar-refractivity contribution >= 4 is 40.5 Å². The third-order valence-electron chi connectivity index (χ3n) is 5.92. The average Bonchev–Trinajstić information content (AvgIpc) is 3.32. The van der Waals surface area contributed by atoms with Gasteiger partial charge in [0.2, 0.25) is 11.8 Å². The molecule has 1 atom stereocenters. The summed E-state index contributed by atoms with van der Waals surface area (Å²) in [7, 11) is 1.23. The smallest absolute Gasteiger partial charge is 0.336 e. The standard InChI is InChI=1S/C15H20N2O4.C11H14N2O/c1-3-6-17-12-5-4-11(7-10(12)8-14(17)19)16-9-13(18)15(20)21-2;1-2-5-13-10-4-3-9(12)6-8(10)7-11(13)14/h4-5,7,13,16,18H,3,6,8-9H2,1-2H3;3-4,6H,2,5,7,12H2,1H3/t13-;/m1./s1. The van der Waals surface area contributed by atoms with Crippen LogP contribution >= 0.6 is 0 Å². The Balaban J connectivity index is 0.000000211. The van der Waals surface area contributed by atoms with Crippen molar-refractivity contribution in [3.05, 3.63) is 47.5 Å². The van der Waals surface area contributed by atoms with Gasteiger partial charge in [0, 0.05) is 35.8 Å². The number of hydrogen-bond acceptors (Lipinski definition) is 7. The van der Waals surface area contributed by atoms with Crippen molar-refractivity contribution in [1.82, 2.24) is 0 Å². The lowest BCUT2D eigenvalue weighted by Crippen LogP contribution is -2.29. The summed E-state index contributed by atoms with van der Waals surface area (Å²) < 4.78 is 4.45. The summed E-state index contributed by atoms with van der Waals surface area (Å²) in [4.78, 5) is 38.3. The third-order valence-corrected chi connectivity index (χ3v) is 5.92. The maximum atomic E-state index is 11.9. The number of nitrogens with one attached hydrogen (secondary N) is 1. The summed E-state index contributed by atoms with van der Waals surface area (Å²) >= 11 is 0. The number of carbonyl (C=O) groups is 3. The van der Waals surface area contributed by atoms with Gasteiger partial charge in [0.05, 0.1) is 26.5 Å². The molecule has 0 unspecified atom stereocenters. The molecule has 0 spiro atoms. The predicted molar refractivity (Wildman–Crippen MR) is 137 cm³/mol. The highest BCUT2D eigenvalue weighted by atomic mass is 16.5. The molecule has 2 amide bonds. The van der Waals surface area contributed by atoms with E-state index in [2.05, 4.69) is 17.0 Å². The number of ether oxygens (including phenoxy) is 1. The minimum atomic E-state index is -1.21. The topological polar surface area (TPSA) is 125 Å². The molecule has 0 aliphatic carbocycles. The molecule has 2 aromatic carbocycles. The average molecular weight is 483 g/mol. The molecule has 0 radical (unpaired) electrons. The molecule has 4 N–H and O–H groups in total. The summed E-state index contributed by atoms with van der Waals surface area (Å²) in [5.74, 6) is -0.376. The van der Waals surface area contributed by atoms with Crippen LogP contribution in [0.3, 0.4) is 0 Å². The van der Waals surface area contributed by atoms with E-state index < -0.39 is 12.1 Å². The third kappa shape index (κ3) is 6.10. The zero-order chi connectivity index (χ0) is 25.5. The lowest BCUT2D eigenvalue weighted by Gasteiger charge is -2.17. The Bertz CT molecular complexity index is 1090. The Labute approximate surface area is 205 Å². The number of nitrogen functional groups attached to an aromatic ring is 1. The van der Waals surface area contributed by atoms with Gasteiger partial charge in [-0.15, -0.1) is 0 Å². The summed E-state index contributed by atoms with van der Waals surface area (Å²) in [6.45, 7) is 5.70. The fourth-order valence-electron chi connectivity index (χ4n) is 4.27. The van der Waals surface area contributed by atoms with E-state index in [4.69, 9.17) is 5.73 Å². The summed E-state index contributed by atoms with van der Waals surface area (Å²) in [6.07, 6.45) is 1.58. The zero-order valence-corrected chi connectivity index (χ0v) is 20.5. The van der Waals surface area contributed by atoms with E-state index in [0.29, 0.717) is 12.8 Å². The number of nitrogens with two attached hydrogens (primary N) is 1. The number of methoxy groups -OCH3 is 1. The van der Waals surface area contributed by atoms with Gasteiger partial charge in [-0.2, -0.15) is 0 Å². The van der Waals surface area contributed by atoms with Gasteiger partial charge in [0.25, 0.3) is 0 Å². The fraction of sp³-hybridized carbons (Fsp3) is 0.423. The molecule has 2 heterocycles. The van der Waals surface area contributed by atoms with Crippen molar-refractivity contribution in [3.8, 4) is 0 Å². The molecule has 0 aromatic heterocycles. The van der Waals surface area contributed by atoms with E-state index in [1.165, 1.54) is 7.11 Å². The van der Waals surface area contributed by atoms with Gasteiger partial charge in [-0.3, -0.25) is 9.59 Å². The monoisotopic (exact) mass is 482 g/mol. The highest BCUT2D eigenvalue weighted by molar-refractivity contribution is 6.02. The molecule has 2 aliphatic heterocycles. The van der Waals surface area contributed by atoms with Crippen molar-refractivity contribution in [2.75, 3.05) is 47.6 Å². The van der Waals surface area contributed by atoms with Gasteiger partial charge in [-0.1, -0.05) is 13.8 Å². The first kappa shape index (κ1) is 26.0. The van der Waals surface area contributed by atoms with Crippen LogP contribution in [0, 0.1) is 0 Å². The highest BCUT2D eigenvalue weighted by Crippen LogP contribution is 2.32. The van der Waals surface area contributed by atoms with E-state index in [0.717, 1.165) is 59.8 Å². The van der Waals surface area contributed by atoms with Crippen molar-refractivity contribution in [3.63, 3.8) is 0 Å². The Morgan fingerprint density at radius 2 is 1.54 bits per heavy atom. The molecule has 2 aromatic rings. The fourth-order valence-corrected chi connectivity index (χ4v) is 4.27. The van der Waals surface area contributed by atoms with Gasteiger partial charge >= 0.3 is 5.97 Å². The lowest BCUT2D eigenvalue weighted by atomic mass is 10.1. The van der Waals surface area contributed by atoms with Gasteiger partial charge in [-0.05, 0) is 60.4 Å². The first-order valence-corrected chi connectivity index (χ1v) is 11.9. The summed E-state index contributed by atoms with van der Waals surface area (Å²) in [5, 5.41) is 12.5. The second kappa shape index (κ2) is 11.7. The first-order valence-electron chi connectivity index (χ1n) is 11.9. The van der Waals surface area contributed by atoms with E-state index in [1.54, 1.807) is 4.90 Å². The number of aliphatic hydroxyl groups is 1. The molecule has 0 saturated heterocycles. The van der Waals surface area contributed by atoms with Crippen molar-refractivity contribution in [2.24, 2.45) is 0 Å². The number of nitrogens with zero attached hydrogens (tertiary/aromatic N) is 2. The van der Waals surface area contributed by atoms with Gasteiger partial charge in [0.1, 0.15) is 0 Å². The molecule has 0 saturated carbocycles. The number of carbonyl (C=O) groups excluding carboxylic acids is 3. The van der Waals surface area contributed by atoms with E-state index in [1.807, 2.05) is 48.2 Å². The van der Waals surface area contributed by atoms with Crippen LogP contribution < -0.4 is 20.9 Å². The molecular formula is C26H34N4O5. The SMILES string of the molecule is CCCN1C(=O)Cc2cc(N)ccc21.CCCN1C(=O)Cc2cc(NC[C@@H](O)C(=O)OC)ccc21. The van der Waals surface area contributed by atoms with Gasteiger partial charge in [0.15, 0.2) is 6.10 Å². The van der Waals surface area contributed by atoms with Gasteiger partial charge < -0.3 is 30.7 Å². The number of hydrogen-bond donors (Lipinski definition) is 3. The van der Waals surface area contributed by atoms with Crippen LogP contribution in [-0.2, 0) is 32.0 Å². The van der Waals surface area contributed by atoms with Crippen LogP contribution in [0.25, 0.3) is 0 Å². The Hall–Kier alpha value is -3.59. The lowest BCUT2D eigenvalue weighted by molar-refractivity contribution is -0.149. The molecule has 9 nitrogen and oxygen atoms in total. The zero-order valence-electron chi connectivity index (χ0n) is 20.5.